The van der Waals surface area contributed by atoms with E-state index in [9.17, 15) is 4.79 Å². The normalized spacial score (nSPS) is 16.2. The van der Waals surface area contributed by atoms with Crippen LogP contribution in [0.1, 0.15) is 25.3 Å². The number of hydrogen-bond donors (Lipinski definition) is 2. The van der Waals surface area contributed by atoms with Gasteiger partial charge in [-0.05, 0) is 31.9 Å². The quantitative estimate of drug-likeness (QED) is 0.823. The number of benzene rings is 1. The van der Waals surface area contributed by atoms with Crippen molar-refractivity contribution in [2.45, 2.75) is 25.8 Å². The molecule has 5 heteroatoms. The molecule has 1 aromatic rings. The molecule has 3 N–H and O–H groups in total. The number of para-hydroxylation sites is 1. The smallest absolute Gasteiger partial charge is 0.244 e. The van der Waals surface area contributed by atoms with E-state index in [1.807, 2.05) is 36.1 Å². The molecule has 1 atom stereocenters. The summed E-state index contributed by atoms with van der Waals surface area (Å²) in [5.74, 6) is 0.134. The molecule has 1 saturated heterocycles. The first-order valence-electron chi connectivity index (χ1n) is 6.54. The molecule has 1 aliphatic heterocycles. The zero-order chi connectivity index (χ0) is 13.8. The van der Waals surface area contributed by atoms with Crippen LogP contribution in [0.4, 0.5) is 5.69 Å². The van der Waals surface area contributed by atoms with Crippen LogP contribution in [0.3, 0.4) is 0 Å². The third-order valence-corrected chi connectivity index (χ3v) is 3.57. The number of nitrogens with zero attached hydrogens (tertiary/aromatic N) is 1. The van der Waals surface area contributed by atoms with Crippen LogP contribution in [0, 0.1) is 0 Å². The van der Waals surface area contributed by atoms with Gasteiger partial charge in [-0.2, -0.15) is 0 Å². The van der Waals surface area contributed by atoms with E-state index in [1.54, 1.807) is 0 Å². The first kappa shape index (κ1) is 13.8. The summed E-state index contributed by atoms with van der Waals surface area (Å²) >= 11 is 5.02. The van der Waals surface area contributed by atoms with Crippen molar-refractivity contribution in [1.29, 1.82) is 0 Å². The van der Waals surface area contributed by atoms with Gasteiger partial charge in [0.15, 0.2) is 0 Å². The molecule has 0 bridgehead atoms. The number of anilines is 1. The molecule has 1 aromatic carbocycles. The van der Waals surface area contributed by atoms with E-state index >= 15 is 0 Å². The molecule has 2 rings (SSSR count). The molecule has 1 fully saturated rings. The van der Waals surface area contributed by atoms with Crippen molar-refractivity contribution in [2.75, 3.05) is 18.4 Å². The summed E-state index contributed by atoms with van der Waals surface area (Å²) in [4.78, 5) is 14.5. The molecule has 1 heterocycles. The number of carbonyl (C=O) groups excluding carboxylic acids is 1. The molecule has 0 aliphatic carbocycles. The molecule has 102 valence electrons. The topological polar surface area (TPSA) is 58.4 Å². The predicted molar refractivity (Wildman–Crippen MR) is 81.2 cm³/mol. The Kier molecular flexibility index (Phi) is 4.37. The lowest BCUT2D eigenvalue weighted by Crippen LogP contribution is -2.39. The van der Waals surface area contributed by atoms with Gasteiger partial charge in [0.25, 0.3) is 0 Å². The Hall–Kier alpha value is -1.62. The number of hydrogen-bond acceptors (Lipinski definition) is 3. The minimum absolute atomic E-state index is 0.134. The summed E-state index contributed by atoms with van der Waals surface area (Å²) < 4.78 is 0. The van der Waals surface area contributed by atoms with Crippen molar-refractivity contribution < 1.29 is 4.79 Å². The second-order valence-corrected chi connectivity index (χ2v) is 5.25. The van der Waals surface area contributed by atoms with E-state index in [4.69, 9.17) is 18.0 Å². The fourth-order valence-electron chi connectivity index (χ4n) is 2.33. The Balaban J connectivity index is 2.08. The van der Waals surface area contributed by atoms with E-state index in [1.165, 1.54) is 0 Å². The van der Waals surface area contributed by atoms with Crippen LogP contribution in [0.15, 0.2) is 24.3 Å². The molecular formula is C14H19N3OS. The Morgan fingerprint density at radius 1 is 1.37 bits per heavy atom. The van der Waals surface area contributed by atoms with Crippen molar-refractivity contribution in [3.63, 3.8) is 0 Å². The maximum Gasteiger partial charge on any atom is 0.244 e. The number of amides is 1. The molecule has 0 saturated carbocycles. The van der Waals surface area contributed by atoms with Crippen LogP contribution >= 0.6 is 12.2 Å². The van der Waals surface area contributed by atoms with Gasteiger partial charge in [-0.3, -0.25) is 4.79 Å². The van der Waals surface area contributed by atoms with Crippen molar-refractivity contribution >= 4 is 28.8 Å². The predicted octanol–water partition coefficient (Wildman–Crippen LogP) is 1.74. The Labute approximate surface area is 119 Å². The Morgan fingerprint density at radius 3 is 2.63 bits per heavy atom. The van der Waals surface area contributed by atoms with E-state index in [0.29, 0.717) is 4.99 Å². The fraction of sp³-hybridized carbons (Fsp3) is 0.429. The van der Waals surface area contributed by atoms with Crippen molar-refractivity contribution in [3.05, 3.63) is 29.8 Å². The first-order valence-corrected chi connectivity index (χ1v) is 6.94. The van der Waals surface area contributed by atoms with Gasteiger partial charge in [-0.25, -0.2) is 0 Å². The maximum absolute atomic E-state index is 12.2. The van der Waals surface area contributed by atoms with Gasteiger partial charge in [0, 0.05) is 24.3 Å². The van der Waals surface area contributed by atoms with Crippen LogP contribution in [0.5, 0.6) is 0 Å². The highest BCUT2D eigenvalue weighted by atomic mass is 32.1. The molecule has 1 aliphatic rings. The summed E-state index contributed by atoms with van der Waals surface area (Å²) in [6, 6.07) is 7.26. The highest BCUT2D eigenvalue weighted by Gasteiger charge is 2.23. The molecule has 0 radical (unpaired) electrons. The van der Waals surface area contributed by atoms with E-state index in [2.05, 4.69) is 5.32 Å². The number of nitrogens with one attached hydrogen (secondary N) is 1. The van der Waals surface area contributed by atoms with E-state index < -0.39 is 0 Å². The molecule has 1 amide bonds. The zero-order valence-electron chi connectivity index (χ0n) is 11.1. The van der Waals surface area contributed by atoms with Crippen LogP contribution in [-0.2, 0) is 4.79 Å². The van der Waals surface area contributed by atoms with E-state index in [-0.39, 0.29) is 11.9 Å². The Bertz CT molecular complexity index is 483. The minimum Gasteiger partial charge on any atom is -0.389 e. The van der Waals surface area contributed by atoms with Crippen LogP contribution in [0.2, 0.25) is 0 Å². The SMILES string of the molecule is CC(Nc1ccccc1C(N)=S)C(=O)N1CCCC1. The first-order chi connectivity index (χ1) is 9.09. The summed E-state index contributed by atoms with van der Waals surface area (Å²) in [6.45, 7) is 3.60. The van der Waals surface area contributed by atoms with Gasteiger partial charge in [0.2, 0.25) is 5.91 Å². The van der Waals surface area contributed by atoms with Crippen LogP contribution in [0.25, 0.3) is 0 Å². The Morgan fingerprint density at radius 2 is 2.00 bits per heavy atom. The maximum atomic E-state index is 12.2. The summed E-state index contributed by atoms with van der Waals surface area (Å²) in [5, 5.41) is 3.21. The molecule has 4 nitrogen and oxygen atoms in total. The number of nitrogens with two attached hydrogens (primary N) is 1. The number of carbonyl (C=O) groups is 1. The third kappa shape index (κ3) is 3.23. The van der Waals surface area contributed by atoms with Gasteiger partial charge in [-0.1, -0.05) is 24.4 Å². The summed E-state index contributed by atoms with van der Waals surface area (Å²) in [6.07, 6.45) is 2.20. The summed E-state index contributed by atoms with van der Waals surface area (Å²) in [7, 11) is 0. The molecule has 1 unspecified atom stereocenters. The average molecular weight is 277 g/mol. The van der Waals surface area contributed by atoms with Crippen LogP contribution in [-0.4, -0.2) is 34.9 Å². The number of rotatable bonds is 4. The highest BCUT2D eigenvalue weighted by Crippen LogP contribution is 2.17. The summed E-state index contributed by atoms with van der Waals surface area (Å²) in [5.41, 5.74) is 7.28. The second kappa shape index (κ2) is 6.02. The standard InChI is InChI=1S/C14H19N3OS/c1-10(14(18)17-8-4-5-9-17)16-12-7-3-2-6-11(12)13(15)19/h2-3,6-7,10,16H,4-5,8-9H2,1H3,(H2,15,19). The minimum atomic E-state index is -0.270. The van der Waals surface area contributed by atoms with Gasteiger partial charge < -0.3 is 16.0 Å². The fourth-order valence-corrected chi connectivity index (χ4v) is 2.51. The van der Waals surface area contributed by atoms with Gasteiger partial charge in [0.1, 0.15) is 11.0 Å². The monoisotopic (exact) mass is 277 g/mol. The van der Waals surface area contributed by atoms with Crippen LogP contribution < -0.4 is 11.1 Å². The zero-order valence-corrected chi connectivity index (χ0v) is 11.9. The van der Waals surface area contributed by atoms with Crippen molar-refractivity contribution in [2.24, 2.45) is 5.73 Å². The molecule has 0 spiro atoms. The molecule has 0 aromatic heterocycles. The molecular weight excluding hydrogens is 258 g/mol. The van der Waals surface area contributed by atoms with Gasteiger partial charge in [0.05, 0.1) is 0 Å². The van der Waals surface area contributed by atoms with Crippen molar-refractivity contribution in [3.8, 4) is 0 Å². The van der Waals surface area contributed by atoms with Gasteiger partial charge in [-0.15, -0.1) is 0 Å². The molecule has 19 heavy (non-hydrogen) atoms. The van der Waals surface area contributed by atoms with Crippen molar-refractivity contribution in [1.82, 2.24) is 4.90 Å². The lowest BCUT2D eigenvalue weighted by atomic mass is 10.1. The highest BCUT2D eigenvalue weighted by molar-refractivity contribution is 7.80. The number of likely N-dealkylation sites (tertiary alicyclic amines) is 1. The lowest BCUT2D eigenvalue weighted by molar-refractivity contribution is -0.130. The second-order valence-electron chi connectivity index (χ2n) is 4.81. The lowest BCUT2D eigenvalue weighted by Gasteiger charge is -2.22. The van der Waals surface area contributed by atoms with Gasteiger partial charge >= 0.3 is 0 Å². The average Bonchev–Trinajstić information content (AvgIpc) is 2.92. The number of thiocarbonyl (C=S) groups is 1. The van der Waals surface area contributed by atoms with E-state index in [0.717, 1.165) is 37.2 Å². The third-order valence-electron chi connectivity index (χ3n) is 3.35. The largest absolute Gasteiger partial charge is 0.389 e.